The first-order valence-corrected chi connectivity index (χ1v) is 6.05. The highest BCUT2D eigenvalue weighted by Gasteiger charge is 2.33. The number of aromatic nitrogens is 1. The van der Waals surface area contributed by atoms with Crippen molar-refractivity contribution in [1.82, 2.24) is 9.88 Å². The fourth-order valence-corrected chi connectivity index (χ4v) is 2.17. The van der Waals surface area contributed by atoms with E-state index in [1.807, 2.05) is 30.3 Å². The maximum Gasteiger partial charge on any atom is 0.271 e. The number of rotatable bonds is 3. The number of hydrogen-bond acceptors (Lipinski definition) is 2. The molecule has 0 bridgehead atoms. The molecule has 18 heavy (non-hydrogen) atoms. The zero-order valence-corrected chi connectivity index (χ0v) is 9.89. The lowest BCUT2D eigenvalue weighted by molar-refractivity contribution is 0.0760. The predicted molar refractivity (Wildman–Crippen MR) is 68.0 cm³/mol. The fraction of sp³-hybridized carbons (Fsp3) is 0.286. The Morgan fingerprint density at radius 2 is 2.22 bits per heavy atom. The van der Waals surface area contributed by atoms with Crippen LogP contribution in [0.25, 0.3) is 10.9 Å². The number of aromatic amines is 1. The number of carbonyl (C=O) groups is 1. The van der Waals surface area contributed by atoms with E-state index in [9.17, 15) is 4.79 Å². The van der Waals surface area contributed by atoms with E-state index in [-0.39, 0.29) is 18.5 Å². The van der Waals surface area contributed by atoms with Gasteiger partial charge in [0.2, 0.25) is 0 Å². The molecule has 0 aliphatic heterocycles. The quantitative estimate of drug-likeness (QED) is 0.835. The number of para-hydroxylation sites is 1. The highest BCUT2D eigenvalue weighted by atomic mass is 16.2. The van der Waals surface area contributed by atoms with Crippen LogP contribution < -0.4 is 0 Å². The van der Waals surface area contributed by atoms with E-state index in [1.165, 1.54) is 0 Å². The molecule has 1 aliphatic carbocycles. The van der Waals surface area contributed by atoms with Gasteiger partial charge in [-0.25, -0.2) is 0 Å². The first-order chi connectivity index (χ1) is 8.79. The Balaban J connectivity index is 1.93. The van der Waals surface area contributed by atoms with Gasteiger partial charge in [0.25, 0.3) is 5.91 Å². The molecule has 1 aromatic heterocycles. The minimum absolute atomic E-state index is 0.0738. The lowest BCUT2D eigenvalue weighted by Crippen LogP contribution is -2.33. The van der Waals surface area contributed by atoms with Crippen molar-refractivity contribution >= 4 is 16.8 Å². The smallest absolute Gasteiger partial charge is 0.271 e. The van der Waals surface area contributed by atoms with Gasteiger partial charge >= 0.3 is 0 Å². The minimum Gasteiger partial charge on any atom is -0.351 e. The third-order valence-electron chi connectivity index (χ3n) is 3.25. The molecule has 0 unspecified atom stereocenters. The second-order valence-electron chi connectivity index (χ2n) is 4.59. The lowest BCUT2D eigenvalue weighted by Gasteiger charge is -2.17. The van der Waals surface area contributed by atoms with Crippen molar-refractivity contribution in [2.75, 3.05) is 6.54 Å². The molecule has 0 saturated heterocycles. The molecule has 90 valence electrons. The van der Waals surface area contributed by atoms with E-state index in [0.717, 1.165) is 23.7 Å². The second kappa shape index (κ2) is 4.19. The minimum atomic E-state index is -0.0738. The molecule has 1 aromatic carbocycles. The number of amides is 1. The number of benzene rings is 1. The summed E-state index contributed by atoms with van der Waals surface area (Å²) in [4.78, 5) is 17.1. The monoisotopic (exact) mass is 239 g/mol. The van der Waals surface area contributed by atoms with Crippen molar-refractivity contribution < 1.29 is 4.79 Å². The highest BCUT2D eigenvalue weighted by Crippen LogP contribution is 2.28. The summed E-state index contributed by atoms with van der Waals surface area (Å²) in [6.07, 6.45) is 2.02. The van der Waals surface area contributed by atoms with Crippen LogP contribution in [-0.2, 0) is 0 Å². The molecule has 1 heterocycles. The number of nitrogens with zero attached hydrogens (tertiary/aromatic N) is 2. The molecule has 1 fully saturated rings. The molecule has 1 aliphatic rings. The molecular weight excluding hydrogens is 226 g/mol. The van der Waals surface area contributed by atoms with Gasteiger partial charge in [0.05, 0.1) is 6.07 Å². The van der Waals surface area contributed by atoms with E-state index in [0.29, 0.717) is 5.69 Å². The molecule has 2 aromatic rings. The fourth-order valence-electron chi connectivity index (χ4n) is 2.17. The number of fused-ring (bicyclic) bond motifs is 1. The van der Waals surface area contributed by atoms with Crippen molar-refractivity contribution in [3.8, 4) is 6.07 Å². The molecular formula is C14H13N3O. The van der Waals surface area contributed by atoms with Crippen LogP contribution in [0.15, 0.2) is 30.3 Å². The summed E-state index contributed by atoms with van der Waals surface area (Å²) >= 11 is 0. The van der Waals surface area contributed by atoms with Gasteiger partial charge in [-0.1, -0.05) is 18.2 Å². The standard InChI is InChI=1S/C14H13N3O/c15-7-8-17(11-5-6-11)14(18)13-9-10-3-1-2-4-12(10)16-13/h1-4,9,11,16H,5-6,8H2. The molecule has 3 rings (SSSR count). The third kappa shape index (κ3) is 1.84. The molecule has 0 radical (unpaired) electrons. The van der Waals surface area contributed by atoms with Crippen molar-refractivity contribution in [3.63, 3.8) is 0 Å². The molecule has 1 N–H and O–H groups in total. The maximum absolute atomic E-state index is 12.3. The summed E-state index contributed by atoms with van der Waals surface area (Å²) < 4.78 is 0. The first-order valence-electron chi connectivity index (χ1n) is 6.05. The van der Waals surface area contributed by atoms with Gasteiger partial charge in [0.1, 0.15) is 12.2 Å². The number of carbonyl (C=O) groups excluding carboxylic acids is 1. The summed E-state index contributed by atoms with van der Waals surface area (Å²) in [5.74, 6) is -0.0738. The van der Waals surface area contributed by atoms with Crippen molar-refractivity contribution in [1.29, 1.82) is 5.26 Å². The Hall–Kier alpha value is -2.28. The topological polar surface area (TPSA) is 59.9 Å². The zero-order chi connectivity index (χ0) is 12.5. The van der Waals surface area contributed by atoms with Gasteiger partial charge in [-0.3, -0.25) is 4.79 Å². The Bertz CT molecular complexity index is 601. The average Bonchev–Trinajstić information content (AvgIpc) is 3.13. The van der Waals surface area contributed by atoms with Crippen LogP contribution in [-0.4, -0.2) is 28.4 Å². The zero-order valence-electron chi connectivity index (χ0n) is 9.89. The van der Waals surface area contributed by atoms with Crippen molar-refractivity contribution in [2.24, 2.45) is 0 Å². The van der Waals surface area contributed by atoms with Gasteiger partial charge in [0.15, 0.2) is 0 Å². The molecule has 0 spiro atoms. The largest absolute Gasteiger partial charge is 0.351 e. The highest BCUT2D eigenvalue weighted by molar-refractivity contribution is 5.98. The number of H-pyrrole nitrogens is 1. The second-order valence-corrected chi connectivity index (χ2v) is 4.59. The summed E-state index contributed by atoms with van der Waals surface area (Å²) in [6.45, 7) is 0.166. The van der Waals surface area contributed by atoms with Crippen LogP contribution in [0.4, 0.5) is 0 Å². The number of hydrogen-bond donors (Lipinski definition) is 1. The van der Waals surface area contributed by atoms with E-state index >= 15 is 0 Å². The predicted octanol–water partition coefficient (Wildman–Crippen LogP) is 2.30. The maximum atomic E-state index is 12.3. The van der Waals surface area contributed by atoms with E-state index < -0.39 is 0 Å². The lowest BCUT2D eigenvalue weighted by atomic mass is 10.2. The first kappa shape index (κ1) is 10.8. The van der Waals surface area contributed by atoms with Gasteiger partial charge in [-0.05, 0) is 25.0 Å². The average molecular weight is 239 g/mol. The van der Waals surface area contributed by atoms with E-state index in [2.05, 4.69) is 11.1 Å². The Labute approximate surface area is 105 Å². The Morgan fingerprint density at radius 1 is 1.44 bits per heavy atom. The SMILES string of the molecule is N#CCN(C(=O)c1cc2ccccc2[nH]1)C1CC1. The summed E-state index contributed by atoms with van der Waals surface area (Å²) in [5.41, 5.74) is 1.52. The Morgan fingerprint density at radius 3 is 2.89 bits per heavy atom. The van der Waals surface area contributed by atoms with Crippen LogP contribution >= 0.6 is 0 Å². The van der Waals surface area contributed by atoms with Gasteiger partial charge in [-0.2, -0.15) is 5.26 Å². The van der Waals surface area contributed by atoms with E-state index in [1.54, 1.807) is 4.90 Å². The van der Waals surface area contributed by atoms with Gasteiger partial charge < -0.3 is 9.88 Å². The van der Waals surface area contributed by atoms with Crippen molar-refractivity contribution in [2.45, 2.75) is 18.9 Å². The third-order valence-corrected chi connectivity index (χ3v) is 3.25. The van der Waals surface area contributed by atoms with Crippen LogP contribution in [0.5, 0.6) is 0 Å². The molecule has 4 nitrogen and oxygen atoms in total. The Kier molecular flexibility index (Phi) is 2.52. The van der Waals surface area contributed by atoms with Gasteiger partial charge in [0, 0.05) is 16.9 Å². The summed E-state index contributed by atoms with van der Waals surface area (Å²) in [7, 11) is 0. The molecule has 1 saturated carbocycles. The molecule has 1 amide bonds. The van der Waals surface area contributed by atoms with Crippen LogP contribution in [0.3, 0.4) is 0 Å². The van der Waals surface area contributed by atoms with Crippen LogP contribution in [0, 0.1) is 11.3 Å². The van der Waals surface area contributed by atoms with Crippen LogP contribution in [0.2, 0.25) is 0 Å². The molecule has 0 atom stereocenters. The normalized spacial score (nSPS) is 14.4. The van der Waals surface area contributed by atoms with Crippen LogP contribution in [0.1, 0.15) is 23.3 Å². The van der Waals surface area contributed by atoms with Crippen molar-refractivity contribution in [3.05, 3.63) is 36.0 Å². The number of nitrogens with one attached hydrogen (secondary N) is 1. The summed E-state index contributed by atoms with van der Waals surface area (Å²) in [5, 5.41) is 9.82. The van der Waals surface area contributed by atoms with E-state index in [4.69, 9.17) is 5.26 Å². The van der Waals surface area contributed by atoms with Gasteiger partial charge in [-0.15, -0.1) is 0 Å². The molecule has 4 heteroatoms. The summed E-state index contributed by atoms with van der Waals surface area (Å²) in [6, 6.07) is 12.0. The number of nitriles is 1.